The van der Waals surface area contributed by atoms with Gasteiger partial charge in [-0.1, -0.05) is 30.3 Å². The highest BCUT2D eigenvalue weighted by molar-refractivity contribution is 5.82. The fourth-order valence-electron chi connectivity index (χ4n) is 2.67. The minimum Gasteiger partial charge on any atom is -0.444 e. The van der Waals surface area contributed by atoms with Gasteiger partial charge in [-0.3, -0.25) is 4.79 Å². The molecule has 2 unspecified atom stereocenters. The van der Waals surface area contributed by atoms with Gasteiger partial charge in [0.15, 0.2) is 6.10 Å². The van der Waals surface area contributed by atoms with Crippen LogP contribution in [0.3, 0.4) is 0 Å². The molecule has 0 bridgehead atoms. The number of hydrogen-bond acceptors (Lipinski definition) is 4. The molecule has 0 radical (unpaired) electrons. The maximum Gasteiger partial charge on any atom is 0.410 e. The molecule has 6 heteroatoms. The molecule has 132 valence electrons. The van der Waals surface area contributed by atoms with E-state index in [-0.39, 0.29) is 18.0 Å². The molecule has 0 saturated carbocycles. The summed E-state index contributed by atoms with van der Waals surface area (Å²) in [7, 11) is 1.51. The van der Waals surface area contributed by atoms with Crippen LogP contribution in [0.15, 0.2) is 30.3 Å². The Morgan fingerprint density at radius 2 is 1.92 bits per heavy atom. The zero-order chi connectivity index (χ0) is 17.7. The van der Waals surface area contributed by atoms with Crippen molar-refractivity contribution in [3.63, 3.8) is 0 Å². The molecule has 2 rings (SSSR count). The van der Waals surface area contributed by atoms with Crippen molar-refractivity contribution in [1.29, 1.82) is 0 Å². The molecule has 1 N–H and O–H groups in total. The molecule has 2 amide bonds. The van der Waals surface area contributed by atoms with E-state index < -0.39 is 11.7 Å². The van der Waals surface area contributed by atoms with Gasteiger partial charge in [0.25, 0.3) is 5.91 Å². The average molecular weight is 334 g/mol. The lowest BCUT2D eigenvalue weighted by Crippen LogP contribution is -2.42. The molecule has 1 aromatic rings. The molecule has 1 aliphatic rings. The number of nitrogens with one attached hydrogen (secondary N) is 1. The van der Waals surface area contributed by atoms with Crippen LogP contribution in [0.1, 0.15) is 38.9 Å². The molecule has 24 heavy (non-hydrogen) atoms. The van der Waals surface area contributed by atoms with E-state index in [9.17, 15) is 9.59 Å². The summed E-state index contributed by atoms with van der Waals surface area (Å²) in [5.41, 5.74) is 0.284. The number of carbonyl (C=O) groups excluding carboxylic acids is 2. The van der Waals surface area contributed by atoms with Crippen LogP contribution in [0.4, 0.5) is 4.79 Å². The number of methoxy groups -OCH3 is 1. The van der Waals surface area contributed by atoms with E-state index in [1.54, 1.807) is 4.90 Å². The molecule has 0 aliphatic carbocycles. The largest absolute Gasteiger partial charge is 0.444 e. The van der Waals surface area contributed by atoms with E-state index in [0.717, 1.165) is 5.56 Å². The van der Waals surface area contributed by atoms with Crippen molar-refractivity contribution >= 4 is 12.0 Å². The third-order valence-corrected chi connectivity index (χ3v) is 3.76. The second-order valence-corrected chi connectivity index (χ2v) is 6.95. The third-order valence-electron chi connectivity index (χ3n) is 3.76. The van der Waals surface area contributed by atoms with Crippen LogP contribution >= 0.6 is 0 Å². The SMILES string of the molecule is COC(C(=O)NC1CCN(C(=O)OC(C)(C)C)C1)c1ccccc1. The summed E-state index contributed by atoms with van der Waals surface area (Å²) in [6, 6.07) is 9.25. The van der Waals surface area contributed by atoms with Crippen molar-refractivity contribution in [3.05, 3.63) is 35.9 Å². The van der Waals surface area contributed by atoms with Gasteiger partial charge < -0.3 is 19.7 Å². The molecular formula is C18H26N2O4. The standard InChI is InChI=1S/C18H26N2O4/c1-18(2,3)24-17(22)20-11-10-14(12-20)19-16(21)15(23-4)13-8-6-5-7-9-13/h5-9,14-15H,10-12H2,1-4H3,(H,19,21). The van der Waals surface area contributed by atoms with Crippen LogP contribution in [0.25, 0.3) is 0 Å². The molecular weight excluding hydrogens is 308 g/mol. The maximum atomic E-state index is 12.5. The summed E-state index contributed by atoms with van der Waals surface area (Å²) < 4.78 is 10.7. The summed E-state index contributed by atoms with van der Waals surface area (Å²) in [4.78, 5) is 26.2. The molecule has 0 aromatic heterocycles. The van der Waals surface area contributed by atoms with Crippen LogP contribution in [0.5, 0.6) is 0 Å². The Bertz CT molecular complexity index is 568. The van der Waals surface area contributed by atoms with Gasteiger partial charge >= 0.3 is 6.09 Å². The minimum atomic E-state index is -0.651. The Hall–Kier alpha value is -2.08. The lowest BCUT2D eigenvalue weighted by molar-refractivity contribution is -0.132. The van der Waals surface area contributed by atoms with Gasteiger partial charge in [0, 0.05) is 26.2 Å². The maximum absolute atomic E-state index is 12.5. The monoisotopic (exact) mass is 334 g/mol. The first-order chi connectivity index (χ1) is 11.3. The Balaban J connectivity index is 1.90. The number of carbonyl (C=O) groups is 2. The summed E-state index contributed by atoms with van der Waals surface area (Å²) >= 11 is 0. The number of amides is 2. The molecule has 1 saturated heterocycles. The molecule has 1 fully saturated rings. The highest BCUT2D eigenvalue weighted by Crippen LogP contribution is 2.19. The van der Waals surface area contributed by atoms with E-state index in [1.807, 2.05) is 51.1 Å². The minimum absolute atomic E-state index is 0.0913. The number of rotatable bonds is 4. The molecule has 1 heterocycles. The van der Waals surface area contributed by atoms with E-state index >= 15 is 0 Å². The van der Waals surface area contributed by atoms with Crippen molar-refractivity contribution in [3.8, 4) is 0 Å². The van der Waals surface area contributed by atoms with Crippen LogP contribution < -0.4 is 5.32 Å². The number of ether oxygens (including phenoxy) is 2. The predicted molar refractivity (Wildman–Crippen MR) is 90.5 cm³/mol. The van der Waals surface area contributed by atoms with Gasteiger partial charge in [0.1, 0.15) is 5.60 Å². The third kappa shape index (κ3) is 4.96. The van der Waals surface area contributed by atoms with Crippen molar-refractivity contribution in [2.45, 2.75) is 44.9 Å². The van der Waals surface area contributed by atoms with Crippen molar-refractivity contribution in [2.75, 3.05) is 20.2 Å². The van der Waals surface area contributed by atoms with Gasteiger partial charge in [0.2, 0.25) is 0 Å². The molecule has 0 spiro atoms. The Morgan fingerprint density at radius 3 is 2.50 bits per heavy atom. The average Bonchev–Trinajstić information content (AvgIpc) is 2.96. The van der Waals surface area contributed by atoms with E-state index in [1.165, 1.54) is 7.11 Å². The van der Waals surface area contributed by atoms with Gasteiger partial charge in [0.05, 0.1) is 0 Å². The molecule has 6 nitrogen and oxygen atoms in total. The summed E-state index contributed by atoms with van der Waals surface area (Å²) in [5, 5.41) is 2.96. The van der Waals surface area contributed by atoms with E-state index in [4.69, 9.17) is 9.47 Å². The van der Waals surface area contributed by atoms with Crippen molar-refractivity contribution < 1.29 is 19.1 Å². The second kappa shape index (κ2) is 7.66. The fourth-order valence-corrected chi connectivity index (χ4v) is 2.67. The molecule has 1 aromatic carbocycles. The summed E-state index contributed by atoms with van der Waals surface area (Å²) in [5.74, 6) is -0.195. The first-order valence-electron chi connectivity index (χ1n) is 8.16. The zero-order valence-electron chi connectivity index (χ0n) is 14.7. The Labute approximate surface area is 143 Å². The first kappa shape index (κ1) is 18.3. The number of hydrogen-bond donors (Lipinski definition) is 1. The highest BCUT2D eigenvalue weighted by atomic mass is 16.6. The second-order valence-electron chi connectivity index (χ2n) is 6.95. The van der Waals surface area contributed by atoms with Crippen LogP contribution in [0, 0.1) is 0 Å². The van der Waals surface area contributed by atoms with Gasteiger partial charge in [-0.05, 0) is 32.8 Å². The number of nitrogens with zero attached hydrogens (tertiary/aromatic N) is 1. The summed E-state index contributed by atoms with van der Waals surface area (Å²) in [6.45, 7) is 6.53. The number of likely N-dealkylation sites (tertiary alicyclic amines) is 1. The zero-order valence-corrected chi connectivity index (χ0v) is 14.7. The Morgan fingerprint density at radius 1 is 1.25 bits per heavy atom. The normalized spacial score (nSPS) is 19.0. The van der Waals surface area contributed by atoms with Gasteiger partial charge in [-0.25, -0.2) is 4.79 Å². The smallest absolute Gasteiger partial charge is 0.410 e. The van der Waals surface area contributed by atoms with E-state index in [2.05, 4.69) is 5.32 Å². The van der Waals surface area contributed by atoms with Crippen LogP contribution in [-0.2, 0) is 14.3 Å². The van der Waals surface area contributed by atoms with Gasteiger partial charge in [-0.2, -0.15) is 0 Å². The number of benzene rings is 1. The van der Waals surface area contributed by atoms with Crippen LogP contribution in [0.2, 0.25) is 0 Å². The molecule has 1 aliphatic heterocycles. The van der Waals surface area contributed by atoms with Crippen molar-refractivity contribution in [2.24, 2.45) is 0 Å². The predicted octanol–water partition coefficient (Wildman–Crippen LogP) is 2.50. The lowest BCUT2D eigenvalue weighted by atomic mass is 10.1. The summed E-state index contributed by atoms with van der Waals surface area (Å²) in [6.07, 6.45) is -0.289. The quantitative estimate of drug-likeness (QED) is 0.918. The molecule has 2 atom stereocenters. The first-order valence-corrected chi connectivity index (χ1v) is 8.16. The van der Waals surface area contributed by atoms with Crippen LogP contribution in [-0.4, -0.2) is 48.7 Å². The Kier molecular flexibility index (Phi) is 5.83. The van der Waals surface area contributed by atoms with Gasteiger partial charge in [-0.15, -0.1) is 0 Å². The lowest BCUT2D eigenvalue weighted by Gasteiger charge is -2.24. The van der Waals surface area contributed by atoms with E-state index in [0.29, 0.717) is 19.5 Å². The highest BCUT2D eigenvalue weighted by Gasteiger charge is 2.32. The topological polar surface area (TPSA) is 67.9 Å². The van der Waals surface area contributed by atoms with Crippen molar-refractivity contribution in [1.82, 2.24) is 10.2 Å². The fraction of sp³-hybridized carbons (Fsp3) is 0.556.